The number of hydrogen-bond donors (Lipinski definition) is 0. The van der Waals surface area contributed by atoms with Gasteiger partial charge in [0.05, 0.1) is 0 Å². The van der Waals surface area contributed by atoms with Gasteiger partial charge in [-0.05, 0) is 32.6 Å². The van der Waals surface area contributed by atoms with Gasteiger partial charge in [0.15, 0.2) is 0 Å². The Balaban J connectivity index is 3.60. The van der Waals surface area contributed by atoms with E-state index in [2.05, 4.69) is 33.6 Å². The molecule has 0 atom stereocenters. The van der Waals surface area contributed by atoms with Crippen molar-refractivity contribution >= 4 is 0 Å². The fraction of sp³-hybridized carbons (Fsp3) is 0.800. The van der Waals surface area contributed by atoms with Gasteiger partial charge in [-0.15, -0.1) is 12.3 Å². The molecule has 0 rings (SSSR count). The summed E-state index contributed by atoms with van der Waals surface area (Å²) >= 11 is 0. The zero-order valence-electron chi connectivity index (χ0n) is 7.57. The van der Waals surface area contributed by atoms with E-state index >= 15 is 0 Å². The highest BCUT2D eigenvalue weighted by atomic mass is 14.2. The zero-order chi connectivity index (χ0) is 8.20. The third-order valence-electron chi connectivity index (χ3n) is 1.74. The maximum Gasteiger partial charge on any atom is 0.0255 e. The van der Waals surface area contributed by atoms with Gasteiger partial charge < -0.3 is 0 Å². The van der Waals surface area contributed by atoms with Gasteiger partial charge in [-0.2, -0.15) is 0 Å². The molecule has 0 radical (unpaired) electrons. The summed E-state index contributed by atoms with van der Waals surface area (Å²) in [7, 11) is 0. The molecule has 0 fully saturated rings. The second kappa shape index (κ2) is 3.66. The quantitative estimate of drug-likeness (QED) is 0.526. The lowest BCUT2D eigenvalue weighted by molar-refractivity contribution is 0.398. The number of hydrogen-bond acceptors (Lipinski definition) is 0. The molecule has 10 heavy (non-hydrogen) atoms. The fourth-order valence-corrected chi connectivity index (χ4v) is 0.722. The lowest BCUT2D eigenvalue weighted by Crippen LogP contribution is -2.08. The van der Waals surface area contributed by atoms with E-state index in [0.29, 0.717) is 0 Å². The van der Waals surface area contributed by atoms with Crippen molar-refractivity contribution in [1.82, 2.24) is 0 Å². The Hall–Kier alpha value is -0.440. The molecule has 0 N–H and O–H groups in total. The third kappa shape index (κ3) is 4.44. The van der Waals surface area contributed by atoms with Crippen molar-refractivity contribution in [3.8, 4) is 12.3 Å². The van der Waals surface area contributed by atoms with Crippen LogP contribution in [0.5, 0.6) is 0 Å². The molecule has 0 aromatic heterocycles. The summed E-state index contributed by atoms with van der Waals surface area (Å²) in [5.41, 5.74) is 0.101. The van der Waals surface area contributed by atoms with Gasteiger partial charge in [-0.3, -0.25) is 0 Å². The Morgan fingerprint density at radius 1 is 1.40 bits per heavy atom. The van der Waals surface area contributed by atoms with Gasteiger partial charge in [0, 0.05) is 5.41 Å². The Bertz CT molecular complexity index is 123. The van der Waals surface area contributed by atoms with E-state index in [0.717, 1.165) is 12.3 Å². The predicted molar refractivity (Wildman–Crippen MR) is 46.7 cm³/mol. The summed E-state index contributed by atoms with van der Waals surface area (Å²) in [6.07, 6.45) is 7.72. The fourth-order valence-electron chi connectivity index (χ4n) is 0.722. The highest BCUT2D eigenvalue weighted by Gasteiger charge is 2.13. The van der Waals surface area contributed by atoms with Crippen molar-refractivity contribution < 1.29 is 0 Å². The van der Waals surface area contributed by atoms with Crippen LogP contribution in [0.2, 0.25) is 0 Å². The molecule has 0 amide bonds. The van der Waals surface area contributed by atoms with E-state index in [9.17, 15) is 0 Å². The first-order chi connectivity index (χ1) is 4.48. The summed E-state index contributed by atoms with van der Waals surface area (Å²) < 4.78 is 0. The van der Waals surface area contributed by atoms with Crippen LogP contribution in [0.25, 0.3) is 0 Å². The molecule has 0 bridgehead atoms. The van der Waals surface area contributed by atoms with E-state index < -0.39 is 0 Å². The molecular weight excluding hydrogens is 120 g/mol. The summed E-state index contributed by atoms with van der Waals surface area (Å²) in [4.78, 5) is 0. The zero-order valence-corrected chi connectivity index (χ0v) is 7.57. The largest absolute Gasteiger partial charge is 0.120 e. The Labute approximate surface area is 65.0 Å². The van der Waals surface area contributed by atoms with E-state index in [1.807, 2.05) is 0 Å². The summed E-state index contributed by atoms with van der Waals surface area (Å²) in [6, 6.07) is 0. The highest BCUT2D eigenvalue weighted by Crippen LogP contribution is 2.22. The van der Waals surface area contributed by atoms with Crippen LogP contribution >= 0.6 is 0 Å². The SMILES string of the molecule is C#CC(C)(C)CCC(C)C. The lowest BCUT2D eigenvalue weighted by atomic mass is 9.86. The van der Waals surface area contributed by atoms with E-state index in [4.69, 9.17) is 6.42 Å². The third-order valence-corrected chi connectivity index (χ3v) is 1.74. The molecule has 0 aliphatic heterocycles. The Morgan fingerprint density at radius 3 is 2.20 bits per heavy atom. The molecule has 0 aliphatic carbocycles. The van der Waals surface area contributed by atoms with Crippen LogP contribution in [0, 0.1) is 23.7 Å². The number of terminal acetylenes is 1. The van der Waals surface area contributed by atoms with Crippen molar-refractivity contribution in [2.45, 2.75) is 40.5 Å². The van der Waals surface area contributed by atoms with Crippen LogP contribution in [0.15, 0.2) is 0 Å². The molecule has 0 aliphatic rings. The van der Waals surface area contributed by atoms with E-state index in [-0.39, 0.29) is 5.41 Å². The summed E-state index contributed by atoms with van der Waals surface area (Å²) in [6.45, 7) is 8.70. The van der Waals surface area contributed by atoms with E-state index in [1.54, 1.807) is 0 Å². The van der Waals surface area contributed by atoms with Gasteiger partial charge in [0.2, 0.25) is 0 Å². The molecule has 0 unspecified atom stereocenters. The minimum absolute atomic E-state index is 0.101. The maximum absolute atomic E-state index is 5.34. The second-order valence-corrected chi connectivity index (χ2v) is 3.96. The van der Waals surface area contributed by atoms with Crippen LogP contribution in [0.3, 0.4) is 0 Å². The minimum atomic E-state index is 0.101. The first-order valence-electron chi connectivity index (χ1n) is 3.96. The van der Waals surface area contributed by atoms with Gasteiger partial charge in [0.25, 0.3) is 0 Å². The van der Waals surface area contributed by atoms with Crippen LogP contribution in [0.4, 0.5) is 0 Å². The van der Waals surface area contributed by atoms with Gasteiger partial charge in [-0.1, -0.05) is 13.8 Å². The maximum atomic E-state index is 5.34. The molecule has 0 heterocycles. The van der Waals surface area contributed by atoms with Gasteiger partial charge in [0.1, 0.15) is 0 Å². The molecule has 0 heteroatoms. The Morgan fingerprint density at radius 2 is 1.90 bits per heavy atom. The minimum Gasteiger partial charge on any atom is -0.120 e. The molecule has 0 aromatic carbocycles. The number of rotatable bonds is 3. The molecule has 0 nitrogen and oxygen atoms in total. The second-order valence-electron chi connectivity index (χ2n) is 3.96. The van der Waals surface area contributed by atoms with Crippen LogP contribution < -0.4 is 0 Å². The van der Waals surface area contributed by atoms with E-state index in [1.165, 1.54) is 6.42 Å². The van der Waals surface area contributed by atoms with Crippen LogP contribution in [-0.2, 0) is 0 Å². The summed E-state index contributed by atoms with van der Waals surface area (Å²) in [5.74, 6) is 3.57. The Kier molecular flexibility index (Phi) is 3.50. The lowest BCUT2D eigenvalue weighted by Gasteiger charge is -2.17. The monoisotopic (exact) mass is 138 g/mol. The van der Waals surface area contributed by atoms with Crippen molar-refractivity contribution in [3.63, 3.8) is 0 Å². The van der Waals surface area contributed by atoms with Crippen molar-refractivity contribution in [2.24, 2.45) is 11.3 Å². The van der Waals surface area contributed by atoms with Crippen molar-refractivity contribution in [3.05, 3.63) is 0 Å². The van der Waals surface area contributed by atoms with Crippen molar-refractivity contribution in [1.29, 1.82) is 0 Å². The van der Waals surface area contributed by atoms with Crippen LogP contribution in [0.1, 0.15) is 40.5 Å². The van der Waals surface area contributed by atoms with Crippen molar-refractivity contribution in [2.75, 3.05) is 0 Å². The molecule has 0 saturated heterocycles. The topological polar surface area (TPSA) is 0 Å². The molecule has 0 spiro atoms. The molecule has 0 aromatic rings. The first-order valence-corrected chi connectivity index (χ1v) is 3.96. The molecule has 0 saturated carbocycles. The summed E-state index contributed by atoms with van der Waals surface area (Å²) in [5, 5.41) is 0. The average molecular weight is 138 g/mol. The smallest absolute Gasteiger partial charge is 0.0255 e. The standard InChI is InChI=1S/C10H18/c1-6-10(4,5)8-7-9(2)3/h1,9H,7-8H2,2-5H3. The molecular formula is C10H18. The van der Waals surface area contributed by atoms with Crippen LogP contribution in [-0.4, -0.2) is 0 Å². The molecule has 58 valence electrons. The average Bonchev–Trinajstić information content (AvgIpc) is 1.85. The van der Waals surface area contributed by atoms with Gasteiger partial charge in [-0.25, -0.2) is 0 Å². The first kappa shape index (κ1) is 9.56. The predicted octanol–water partition coefficient (Wildman–Crippen LogP) is 3.08. The highest BCUT2D eigenvalue weighted by molar-refractivity contribution is 5.00. The van der Waals surface area contributed by atoms with Gasteiger partial charge >= 0.3 is 0 Å². The normalized spacial score (nSPS) is 11.6.